The van der Waals surface area contributed by atoms with Crippen molar-refractivity contribution in [1.82, 2.24) is 0 Å². The molecule has 1 heterocycles. The summed E-state index contributed by atoms with van der Waals surface area (Å²) in [5, 5.41) is 0. The topological polar surface area (TPSA) is 89.7 Å². The smallest absolute Gasteiger partial charge is 0.338 e. The summed E-state index contributed by atoms with van der Waals surface area (Å²) in [7, 11) is -3.72. The monoisotopic (exact) mass is 360 g/mol. The first-order valence-electron chi connectivity index (χ1n) is 8.12. The number of nitrogens with zero attached hydrogens (tertiary/aromatic N) is 1. The van der Waals surface area contributed by atoms with Crippen LogP contribution in [0.15, 0.2) is 47.4 Å². The number of hydrogen-bond donors (Lipinski definition) is 1. The van der Waals surface area contributed by atoms with Gasteiger partial charge in [-0.05, 0) is 61.7 Å². The normalized spacial score (nSPS) is 14.0. The van der Waals surface area contributed by atoms with Gasteiger partial charge >= 0.3 is 5.97 Å². The molecule has 6 nitrogen and oxygen atoms in total. The number of carbonyl (C=O) groups is 1. The maximum absolute atomic E-state index is 13.0. The van der Waals surface area contributed by atoms with Crippen molar-refractivity contribution in [3.8, 4) is 0 Å². The highest BCUT2D eigenvalue weighted by molar-refractivity contribution is 7.92. The molecule has 0 unspecified atom stereocenters. The Balaban J connectivity index is 1.96. The van der Waals surface area contributed by atoms with Crippen molar-refractivity contribution >= 4 is 27.4 Å². The molecule has 2 aromatic rings. The van der Waals surface area contributed by atoms with Crippen LogP contribution in [0.5, 0.6) is 0 Å². The minimum atomic E-state index is -3.72. The van der Waals surface area contributed by atoms with Gasteiger partial charge in [-0.1, -0.05) is 6.07 Å². The lowest BCUT2D eigenvalue weighted by molar-refractivity contribution is 0.0526. The van der Waals surface area contributed by atoms with Crippen LogP contribution in [0, 0.1) is 0 Å². The molecule has 1 aliphatic heterocycles. The van der Waals surface area contributed by atoms with Crippen LogP contribution in [0.2, 0.25) is 0 Å². The Bertz CT molecular complexity index is 892. The average Bonchev–Trinajstić information content (AvgIpc) is 2.62. The van der Waals surface area contributed by atoms with E-state index in [1.165, 1.54) is 28.6 Å². The van der Waals surface area contributed by atoms with Gasteiger partial charge in [0.25, 0.3) is 10.0 Å². The van der Waals surface area contributed by atoms with Gasteiger partial charge in [-0.25, -0.2) is 13.2 Å². The molecule has 0 saturated carbocycles. The zero-order chi connectivity index (χ0) is 18.0. The third-order valence-corrected chi connectivity index (χ3v) is 6.03. The second-order valence-corrected chi connectivity index (χ2v) is 7.63. The quantitative estimate of drug-likeness (QED) is 0.669. The van der Waals surface area contributed by atoms with Gasteiger partial charge in [0.2, 0.25) is 0 Å². The van der Waals surface area contributed by atoms with E-state index in [1.807, 2.05) is 0 Å². The Hall–Kier alpha value is -2.54. The zero-order valence-electron chi connectivity index (χ0n) is 13.9. The second-order valence-electron chi connectivity index (χ2n) is 5.77. The van der Waals surface area contributed by atoms with E-state index in [0.29, 0.717) is 29.9 Å². The van der Waals surface area contributed by atoms with Crippen LogP contribution >= 0.6 is 0 Å². The van der Waals surface area contributed by atoms with E-state index in [0.717, 1.165) is 12.0 Å². The van der Waals surface area contributed by atoms with Crippen LogP contribution in [0.3, 0.4) is 0 Å². The van der Waals surface area contributed by atoms with E-state index in [-0.39, 0.29) is 11.5 Å². The molecular weight excluding hydrogens is 340 g/mol. The van der Waals surface area contributed by atoms with E-state index >= 15 is 0 Å². The van der Waals surface area contributed by atoms with Gasteiger partial charge in [-0.3, -0.25) is 4.31 Å². The number of esters is 1. The molecule has 1 aliphatic rings. The summed E-state index contributed by atoms with van der Waals surface area (Å²) in [5.74, 6) is -0.470. The van der Waals surface area contributed by atoms with Gasteiger partial charge in [-0.15, -0.1) is 0 Å². The molecule has 0 saturated heterocycles. The van der Waals surface area contributed by atoms with Gasteiger partial charge in [0, 0.05) is 12.2 Å². The standard InChI is InChI=1S/C18H20N2O4S/c1-2-24-18(21)13-8-10-14(11-9-13)25(22,23)20-12-4-5-15-16(19)6-3-7-17(15)20/h3,6-11H,2,4-5,12,19H2,1H3. The van der Waals surface area contributed by atoms with Crippen LogP contribution in [0.25, 0.3) is 0 Å². The van der Waals surface area contributed by atoms with E-state index < -0.39 is 16.0 Å². The van der Waals surface area contributed by atoms with Crippen LogP contribution in [-0.4, -0.2) is 27.5 Å². The lowest BCUT2D eigenvalue weighted by Gasteiger charge is -2.31. The number of rotatable bonds is 4. The molecule has 0 atom stereocenters. The van der Waals surface area contributed by atoms with Crippen molar-refractivity contribution in [1.29, 1.82) is 0 Å². The first-order valence-corrected chi connectivity index (χ1v) is 9.56. The molecule has 7 heteroatoms. The van der Waals surface area contributed by atoms with Crippen LogP contribution < -0.4 is 10.0 Å². The number of benzene rings is 2. The molecule has 2 N–H and O–H groups in total. The maximum atomic E-state index is 13.0. The SMILES string of the molecule is CCOC(=O)c1ccc(S(=O)(=O)N2CCCc3c(N)cccc32)cc1. The number of fused-ring (bicyclic) bond motifs is 1. The summed E-state index contributed by atoms with van der Waals surface area (Å²) < 4.78 is 32.4. The molecular formula is C18H20N2O4S. The van der Waals surface area contributed by atoms with Crippen molar-refractivity contribution < 1.29 is 17.9 Å². The predicted molar refractivity (Wildman–Crippen MR) is 96.1 cm³/mol. The molecule has 0 radical (unpaired) electrons. The summed E-state index contributed by atoms with van der Waals surface area (Å²) in [6.07, 6.45) is 1.47. The van der Waals surface area contributed by atoms with Crippen molar-refractivity contribution in [2.45, 2.75) is 24.7 Å². The zero-order valence-corrected chi connectivity index (χ0v) is 14.8. The summed E-state index contributed by atoms with van der Waals surface area (Å²) in [5.41, 5.74) is 8.41. The van der Waals surface area contributed by atoms with Gasteiger partial charge in [0.15, 0.2) is 0 Å². The van der Waals surface area contributed by atoms with Crippen LogP contribution in [0.1, 0.15) is 29.3 Å². The largest absolute Gasteiger partial charge is 0.462 e. The number of ether oxygens (including phenoxy) is 1. The van der Waals surface area contributed by atoms with Crippen molar-refractivity contribution in [2.75, 3.05) is 23.2 Å². The molecule has 0 bridgehead atoms. The van der Waals surface area contributed by atoms with Crippen molar-refractivity contribution in [3.05, 3.63) is 53.6 Å². The number of carbonyl (C=O) groups excluding carboxylic acids is 1. The van der Waals surface area contributed by atoms with E-state index in [2.05, 4.69) is 0 Å². The predicted octanol–water partition coefficient (Wildman–Crippen LogP) is 2.59. The van der Waals surface area contributed by atoms with Crippen LogP contribution in [0.4, 0.5) is 11.4 Å². The first kappa shape index (κ1) is 17.3. The molecule has 3 rings (SSSR count). The van der Waals surface area contributed by atoms with E-state index in [4.69, 9.17) is 10.5 Å². The Morgan fingerprint density at radius 2 is 1.92 bits per heavy atom. The minimum absolute atomic E-state index is 0.135. The number of sulfonamides is 1. The average molecular weight is 360 g/mol. The minimum Gasteiger partial charge on any atom is -0.462 e. The second kappa shape index (κ2) is 6.76. The van der Waals surface area contributed by atoms with Gasteiger partial charge < -0.3 is 10.5 Å². The molecule has 0 aromatic heterocycles. The number of hydrogen-bond acceptors (Lipinski definition) is 5. The molecule has 25 heavy (non-hydrogen) atoms. The molecule has 0 fully saturated rings. The number of anilines is 2. The summed E-state index contributed by atoms with van der Waals surface area (Å²) >= 11 is 0. The summed E-state index contributed by atoms with van der Waals surface area (Å²) in [6, 6.07) is 11.1. The third-order valence-electron chi connectivity index (χ3n) is 4.20. The Morgan fingerprint density at radius 3 is 2.60 bits per heavy atom. The fourth-order valence-electron chi connectivity index (χ4n) is 2.97. The highest BCUT2D eigenvalue weighted by atomic mass is 32.2. The molecule has 2 aromatic carbocycles. The highest BCUT2D eigenvalue weighted by Gasteiger charge is 2.29. The molecule has 0 spiro atoms. The van der Waals surface area contributed by atoms with E-state index in [1.54, 1.807) is 25.1 Å². The first-order chi connectivity index (χ1) is 11.9. The van der Waals surface area contributed by atoms with Crippen molar-refractivity contribution in [2.24, 2.45) is 0 Å². The maximum Gasteiger partial charge on any atom is 0.338 e. The Kier molecular flexibility index (Phi) is 4.67. The fourth-order valence-corrected chi connectivity index (χ4v) is 4.51. The van der Waals surface area contributed by atoms with E-state index in [9.17, 15) is 13.2 Å². The molecule has 132 valence electrons. The number of nitrogen functional groups attached to an aromatic ring is 1. The van der Waals surface area contributed by atoms with Gasteiger partial charge in [0.05, 0.1) is 22.8 Å². The van der Waals surface area contributed by atoms with Gasteiger partial charge in [-0.2, -0.15) is 0 Å². The Morgan fingerprint density at radius 1 is 1.20 bits per heavy atom. The summed E-state index contributed by atoms with van der Waals surface area (Å²) in [6.45, 7) is 2.39. The molecule has 0 amide bonds. The number of nitrogens with two attached hydrogens (primary N) is 1. The highest BCUT2D eigenvalue weighted by Crippen LogP contribution is 2.34. The molecule has 0 aliphatic carbocycles. The third kappa shape index (κ3) is 3.19. The van der Waals surface area contributed by atoms with Crippen LogP contribution in [-0.2, 0) is 21.2 Å². The Labute approximate surface area is 147 Å². The summed E-state index contributed by atoms with van der Waals surface area (Å²) in [4.78, 5) is 11.8. The fraction of sp³-hybridized carbons (Fsp3) is 0.278. The van der Waals surface area contributed by atoms with Gasteiger partial charge in [0.1, 0.15) is 0 Å². The van der Waals surface area contributed by atoms with Crippen molar-refractivity contribution in [3.63, 3.8) is 0 Å². The lowest BCUT2D eigenvalue weighted by atomic mass is 10.0. The lowest BCUT2D eigenvalue weighted by Crippen LogP contribution is -2.35.